The van der Waals surface area contributed by atoms with Crippen molar-refractivity contribution < 1.29 is 14.6 Å². The molecule has 0 amide bonds. The Balaban J connectivity index is 1.93. The molecule has 0 aliphatic carbocycles. The van der Waals surface area contributed by atoms with Crippen molar-refractivity contribution in [1.29, 1.82) is 0 Å². The summed E-state index contributed by atoms with van der Waals surface area (Å²) < 4.78 is 11.3. The summed E-state index contributed by atoms with van der Waals surface area (Å²) in [7, 11) is 1.50. The smallest absolute Gasteiger partial charge is 0.282 e. The Morgan fingerprint density at radius 1 is 1.36 bits per heavy atom. The SMILES string of the molecule is COC(N)=N[C@@H]1CC(CCC(C)(C)O)Oc2ccc(-c3cncc(Cl)c3)cc21. The topological polar surface area (TPSA) is 90.0 Å². The van der Waals surface area contributed by atoms with Gasteiger partial charge in [0.05, 0.1) is 23.8 Å². The predicted molar refractivity (Wildman–Crippen MR) is 111 cm³/mol. The number of rotatable bonds is 5. The number of nitrogens with two attached hydrogens (primary N) is 1. The number of nitrogens with zero attached hydrogens (tertiary/aromatic N) is 2. The van der Waals surface area contributed by atoms with E-state index in [9.17, 15) is 5.11 Å². The molecule has 0 saturated carbocycles. The highest BCUT2D eigenvalue weighted by Gasteiger charge is 2.30. The minimum Gasteiger partial charge on any atom is -0.490 e. The van der Waals surface area contributed by atoms with Crippen molar-refractivity contribution in [3.05, 3.63) is 47.2 Å². The first-order chi connectivity index (χ1) is 13.2. The van der Waals surface area contributed by atoms with Crippen molar-refractivity contribution in [1.82, 2.24) is 4.98 Å². The molecular formula is C21H26ClN3O3. The third kappa shape index (κ3) is 5.14. The van der Waals surface area contributed by atoms with E-state index in [4.69, 9.17) is 26.8 Å². The summed E-state index contributed by atoms with van der Waals surface area (Å²) in [4.78, 5) is 8.69. The summed E-state index contributed by atoms with van der Waals surface area (Å²) in [5.41, 5.74) is 7.93. The number of fused-ring (bicyclic) bond motifs is 1. The second-order valence-corrected chi connectivity index (χ2v) is 8.09. The fraction of sp³-hybridized carbons (Fsp3) is 0.429. The van der Waals surface area contributed by atoms with Gasteiger partial charge in [-0.1, -0.05) is 17.7 Å². The van der Waals surface area contributed by atoms with Gasteiger partial charge in [0.15, 0.2) is 0 Å². The van der Waals surface area contributed by atoms with Gasteiger partial charge in [-0.05, 0) is 50.5 Å². The molecule has 0 saturated heterocycles. The minimum atomic E-state index is -0.739. The molecule has 2 atom stereocenters. The van der Waals surface area contributed by atoms with Crippen molar-refractivity contribution >= 4 is 17.6 Å². The molecule has 2 aromatic rings. The number of halogens is 1. The second kappa shape index (κ2) is 8.37. The monoisotopic (exact) mass is 403 g/mol. The van der Waals surface area contributed by atoms with Gasteiger partial charge < -0.3 is 20.3 Å². The Kier molecular flexibility index (Phi) is 6.10. The fourth-order valence-electron chi connectivity index (χ4n) is 3.29. The molecule has 0 fully saturated rings. The van der Waals surface area contributed by atoms with Crippen molar-refractivity contribution in [3.63, 3.8) is 0 Å². The van der Waals surface area contributed by atoms with E-state index in [2.05, 4.69) is 9.98 Å². The maximum Gasteiger partial charge on any atom is 0.282 e. The van der Waals surface area contributed by atoms with Crippen molar-refractivity contribution in [2.75, 3.05) is 7.11 Å². The Bertz CT molecular complexity index is 864. The molecule has 0 bridgehead atoms. The summed E-state index contributed by atoms with van der Waals surface area (Å²) in [5.74, 6) is 0.767. The van der Waals surface area contributed by atoms with E-state index in [-0.39, 0.29) is 18.2 Å². The van der Waals surface area contributed by atoms with Crippen molar-refractivity contribution in [2.24, 2.45) is 10.7 Å². The zero-order valence-corrected chi connectivity index (χ0v) is 17.1. The minimum absolute atomic E-state index is 0.0592. The van der Waals surface area contributed by atoms with Crippen molar-refractivity contribution in [2.45, 2.75) is 50.9 Å². The van der Waals surface area contributed by atoms with Gasteiger partial charge in [-0.25, -0.2) is 4.99 Å². The molecule has 0 radical (unpaired) electrons. The lowest BCUT2D eigenvalue weighted by Gasteiger charge is -2.32. The van der Waals surface area contributed by atoms with Gasteiger partial charge in [-0.15, -0.1) is 0 Å². The molecule has 3 rings (SSSR count). The van der Waals surface area contributed by atoms with Crippen molar-refractivity contribution in [3.8, 4) is 16.9 Å². The maximum atomic E-state index is 10.0. The Morgan fingerprint density at radius 2 is 2.14 bits per heavy atom. The third-order valence-corrected chi connectivity index (χ3v) is 4.96. The van der Waals surface area contributed by atoms with Crippen LogP contribution in [0.4, 0.5) is 0 Å². The van der Waals surface area contributed by atoms with Crippen LogP contribution in [0.25, 0.3) is 11.1 Å². The number of aliphatic hydroxyl groups is 1. The molecule has 1 aliphatic heterocycles. The van der Waals surface area contributed by atoms with E-state index >= 15 is 0 Å². The number of aliphatic imine (C=N–C) groups is 1. The van der Waals surface area contributed by atoms with E-state index < -0.39 is 5.60 Å². The molecule has 1 aromatic carbocycles. The highest BCUT2D eigenvalue weighted by molar-refractivity contribution is 6.30. The number of benzene rings is 1. The average Bonchev–Trinajstić information content (AvgIpc) is 2.65. The number of amidine groups is 1. The molecular weight excluding hydrogens is 378 g/mol. The van der Waals surface area contributed by atoms with Crippen LogP contribution in [0.5, 0.6) is 5.75 Å². The van der Waals surface area contributed by atoms with E-state index in [1.54, 1.807) is 26.2 Å². The first kappa shape index (κ1) is 20.4. The van der Waals surface area contributed by atoms with Crippen LogP contribution in [-0.4, -0.2) is 34.9 Å². The molecule has 1 aromatic heterocycles. The van der Waals surface area contributed by atoms with Crippen LogP contribution >= 0.6 is 11.6 Å². The molecule has 6 nitrogen and oxygen atoms in total. The van der Waals surface area contributed by atoms with Crippen LogP contribution in [0.1, 0.15) is 44.7 Å². The van der Waals surface area contributed by atoms with E-state index in [0.29, 0.717) is 17.9 Å². The molecule has 3 N–H and O–H groups in total. The molecule has 7 heteroatoms. The second-order valence-electron chi connectivity index (χ2n) is 7.66. The van der Waals surface area contributed by atoms with Crippen LogP contribution in [0.2, 0.25) is 5.02 Å². The van der Waals surface area contributed by atoms with Gasteiger partial charge in [0.1, 0.15) is 11.9 Å². The average molecular weight is 404 g/mol. The van der Waals surface area contributed by atoms with Crippen LogP contribution in [0.3, 0.4) is 0 Å². The van der Waals surface area contributed by atoms with Crippen LogP contribution < -0.4 is 10.5 Å². The molecule has 1 unspecified atom stereocenters. The maximum absolute atomic E-state index is 10.0. The summed E-state index contributed by atoms with van der Waals surface area (Å²) in [5, 5.41) is 10.6. The van der Waals surface area contributed by atoms with Gasteiger partial charge in [-0.2, -0.15) is 0 Å². The summed E-state index contributed by atoms with van der Waals surface area (Å²) >= 11 is 6.08. The van der Waals surface area contributed by atoms with Gasteiger partial charge in [0.2, 0.25) is 0 Å². The number of pyridine rings is 1. The fourth-order valence-corrected chi connectivity index (χ4v) is 3.46. The van der Waals surface area contributed by atoms with Gasteiger partial charge in [0.25, 0.3) is 6.02 Å². The first-order valence-electron chi connectivity index (χ1n) is 9.26. The molecule has 28 heavy (non-hydrogen) atoms. The van der Waals surface area contributed by atoms with E-state index in [1.807, 2.05) is 24.3 Å². The Morgan fingerprint density at radius 3 is 2.82 bits per heavy atom. The lowest BCUT2D eigenvalue weighted by atomic mass is 9.90. The Hall–Kier alpha value is -2.31. The summed E-state index contributed by atoms with van der Waals surface area (Å²) in [6.45, 7) is 3.60. The van der Waals surface area contributed by atoms with Crippen LogP contribution in [0, 0.1) is 0 Å². The van der Waals surface area contributed by atoms with Crippen LogP contribution in [0.15, 0.2) is 41.7 Å². The summed E-state index contributed by atoms with van der Waals surface area (Å²) in [6.07, 6.45) is 5.33. The normalized spacial score (nSPS) is 19.7. The lowest BCUT2D eigenvalue weighted by molar-refractivity contribution is 0.0478. The van der Waals surface area contributed by atoms with E-state index in [0.717, 1.165) is 28.9 Å². The largest absolute Gasteiger partial charge is 0.490 e. The highest BCUT2D eigenvalue weighted by atomic mass is 35.5. The number of hydrogen-bond donors (Lipinski definition) is 2. The van der Waals surface area contributed by atoms with Crippen LogP contribution in [-0.2, 0) is 4.74 Å². The zero-order valence-electron chi connectivity index (χ0n) is 16.4. The number of hydrogen-bond acceptors (Lipinski definition) is 5. The van der Waals surface area contributed by atoms with E-state index in [1.165, 1.54) is 7.11 Å². The predicted octanol–water partition coefficient (Wildman–Crippen LogP) is 4.11. The van der Waals surface area contributed by atoms with Gasteiger partial charge in [-0.3, -0.25) is 4.98 Å². The molecule has 1 aliphatic rings. The molecule has 2 heterocycles. The summed E-state index contributed by atoms with van der Waals surface area (Å²) in [6, 6.07) is 7.76. The number of aromatic nitrogens is 1. The standard InChI is InChI=1S/C21H26ClN3O3/c1-21(2,26)7-6-16-10-18(25-20(23)27-3)17-9-13(4-5-19(17)28-16)14-8-15(22)12-24-11-14/h4-5,8-9,11-12,16,18,26H,6-7,10H2,1-3H3,(H2,23,25)/t16?,18-/m1/s1. The molecule has 0 spiro atoms. The Labute approximate surface area is 170 Å². The number of methoxy groups -OCH3 is 1. The first-order valence-corrected chi connectivity index (χ1v) is 9.64. The van der Waals surface area contributed by atoms with Gasteiger partial charge >= 0.3 is 0 Å². The molecule has 150 valence electrons. The lowest BCUT2D eigenvalue weighted by Crippen LogP contribution is -2.29. The third-order valence-electron chi connectivity index (χ3n) is 4.76. The zero-order chi connectivity index (χ0) is 20.3. The quantitative estimate of drug-likeness (QED) is 0.579. The van der Waals surface area contributed by atoms with Gasteiger partial charge in [0, 0.05) is 29.9 Å². The number of ether oxygens (including phenoxy) is 2. The highest BCUT2D eigenvalue weighted by Crippen LogP contribution is 2.41.